The Balaban J connectivity index is 2.26. The first-order valence-electron chi connectivity index (χ1n) is 6.10. The molecule has 0 atom stereocenters. The predicted molar refractivity (Wildman–Crippen MR) is 70.9 cm³/mol. The van der Waals surface area contributed by atoms with Crippen molar-refractivity contribution in [1.82, 2.24) is 9.97 Å². The quantitative estimate of drug-likeness (QED) is 0.843. The van der Waals surface area contributed by atoms with E-state index >= 15 is 0 Å². The molecule has 1 aromatic heterocycles. The second kappa shape index (κ2) is 5.94. The van der Waals surface area contributed by atoms with Crippen molar-refractivity contribution in [2.24, 2.45) is 0 Å². The maximum Gasteiger partial charge on any atom is 0.419 e. The number of alkyl halides is 3. The summed E-state index contributed by atoms with van der Waals surface area (Å²) in [5.41, 5.74) is -1.24. The zero-order valence-electron chi connectivity index (χ0n) is 11.0. The van der Waals surface area contributed by atoms with E-state index in [1.54, 1.807) is 6.07 Å². The van der Waals surface area contributed by atoms with Gasteiger partial charge in [-0.2, -0.15) is 13.2 Å². The number of nitrogens with zero attached hydrogens (tertiary/aromatic N) is 2. The van der Waals surface area contributed by atoms with Crippen molar-refractivity contribution >= 4 is 17.3 Å². The van der Waals surface area contributed by atoms with E-state index in [0.717, 1.165) is 6.07 Å². The van der Waals surface area contributed by atoms with Crippen LogP contribution in [0.25, 0.3) is 0 Å². The Morgan fingerprint density at radius 2 is 1.81 bits per heavy atom. The number of aromatic nitrogens is 2. The predicted octanol–water partition coefficient (Wildman–Crippen LogP) is 3.81. The molecule has 2 N–H and O–H groups in total. The minimum atomic E-state index is -4.75. The van der Waals surface area contributed by atoms with Gasteiger partial charge >= 0.3 is 6.18 Å². The second-order valence-corrected chi connectivity index (χ2v) is 4.14. The first-order chi connectivity index (χ1) is 9.90. The molecule has 112 valence electrons. The van der Waals surface area contributed by atoms with Crippen molar-refractivity contribution in [2.45, 2.75) is 13.1 Å². The maximum atomic E-state index is 13.2. The summed E-state index contributed by atoms with van der Waals surface area (Å²) in [5.74, 6) is -0.474. The molecule has 0 aliphatic carbocycles. The van der Waals surface area contributed by atoms with Gasteiger partial charge in [-0.1, -0.05) is 0 Å². The van der Waals surface area contributed by atoms with Crippen molar-refractivity contribution in [3.8, 4) is 0 Å². The van der Waals surface area contributed by atoms with Gasteiger partial charge in [0.05, 0.1) is 5.56 Å². The van der Waals surface area contributed by atoms with Crippen molar-refractivity contribution in [1.29, 1.82) is 0 Å². The molecule has 0 aliphatic heterocycles. The fourth-order valence-corrected chi connectivity index (χ4v) is 1.67. The fourth-order valence-electron chi connectivity index (χ4n) is 1.67. The fraction of sp³-hybridized carbons (Fsp3) is 0.231. The Kier molecular flexibility index (Phi) is 4.25. The number of halogens is 4. The van der Waals surface area contributed by atoms with E-state index < -0.39 is 17.6 Å². The summed E-state index contributed by atoms with van der Waals surface area (Å²) in [5, 5.41) is 5.63. The SMILES string of the molecule is CCNc1cc(Nc2ccc(F)c(C(F)(F)F)c2)ncn1. The van der Waals surface area contributed by atoms with Gasteiger partial charge in [0.2, 0.25) is 0 Å². The largest absolute Gasteiger partial charge is 0.419 e. The summed E-state index contributed by atoms with van der Waals surface area (Å²) >= 11 is 0. The molecule has 0 bridgehead atoms. The van der Waals surface area contributed by atoms with E-state index in [9.17, 15) is 17.6 Å². The van der Waals surface area contributed by atoms with E-state index in [1.807, 2.05) is 6.92 Å². The average molecular weight is 300 g/mol. The standard InChI is InChI=1S/C13H12F4N4/c1-2-18-11-6-12(20-7-19-11)21-8-3-4-10(14)9(5-8)13(15,16)17/h3-7H,2H2,1H3,(H2,18,19,20,21). The normalized spacial score (nSPS) is 11.3. The molecule has 0 radical (unpaired) electrons. The van der Waals surface area contributed by atoms with Crippen molar-refractivity contribution in [3.05, 3.63) is 42.0 Å². The van der Waals surface area contributed by atoms with Gasteiger partial charge in [-0.25, -0.2) is 14.4 Å². The van der Waals surface area contributed by atoms with Gasteiger partial charge < -0.3 is 10.6 Å². The first-order valence-corrected chi connectivity index (χ1v) is 6.10. The smallest absolute Gasteiger partial charge is 0.370 e. The summed E-state index contributed by atoms with van der Waals surface area (Å²) < 4.78 is 51.1. The molecule has 1 heterocycles. The van der Waals surface area contributed by atoms with Crippen LogP contribution in [-0.4, -0.2) is 16.5 Å². The van der Waals surface area contributed by atoms with E-state index in [4.69, 9.17) is 0 Å². The first kappa shape index (κ1) is 15.0. The third kappa shape index (κ3) is 3.80. The van der Waals surface area contributed by atoms with Crippen LogP contribution in [0.1, 0.15) is 12.5 Å². The van der Waals surface area contributed by atoms with Crippen molar-refractivity contribution < 1.29 is 17.6 Å². The zero-order chi connectivity index (χ0) is 15.5. The molecule has 0 unspecified atom stereocenters. The molecule has 2 aromatic rings. The van der Waals surface area contributed by atoms with E-state index in [2.05, 4.69) is 20.6 Å². The Labute approximate surface area is 118 Å². The van der Waals surface area contributed by atoms with E-state index in [1.165, 1.54) is 12.4 Å². The number of rotatable bonds is 4. The third-order valence-electron chi connectivity index (χ3n) is 2.57. The topological polar surface area (TPSA) is 49.8 Å². The highest BCUT2D eigenvalue weighted by Crippen LogP contribution is 2.33. The van der Waals surface area contributed by atoms with Crippen LogP contribution in [0.2, 0.25) is 0 Å². The average Bonchev–Trinajstić information content (AvgIpc) is 2.40. The van der Waals surface area contributed by atoms with Crippen LogP contribution < -0.4 is 10.6 Å². The van der Waals surface area contributed by atoms with E-state index in [0.29, 0.717) is 24.2 Å². The molecule has 1 aromatic carbocycles. The lowest BCUT2D eigenvalue weighted by Crippen LogP contribution is -2.09. The summed E-state index contributed by atoms with van der Waals surface area (Å²) in [4.78, 5) is 7.83. The molecule has 4 nitrogen and oxygen atoms in total. The summed E-state index contributed by atoms with van der Waals surface area (Å²) in [6.45, 7) is 2.52. The van der Waals surface area contributed by atoms with Crippen molar-refractivity contribution in [2.75, 3.05) is 17.2 Å². The lowest BCUT2D eigenvalue weighted by molar-refractivity contribution is -0.139. The molecule has 0 saturated heterocycles. The number of benzene rings is 1. The monoisotopic (exact) mass is 300 g/mol. The molecule has 0 fully saturated rings. The van der Waals surface area contributed by atoms with Crippen LogP contribution in [-0.2, 0) is 6.18 Å². The van der Waals surface area contributed by atoms with Crippen LogP contribution in [0.4, 0.5) is 34.9 Å². The van der Waals surface area contributed by atoms with Gasteiger partial charge in [0.25, 0.3) is 0 Å². The van der Waals surface area contributed by atoms with Gasteiger partial charge in [0.15, 0.2) is 0 Å². The highest BCUT2D eigenvalue weighted by molar-refractivity contribution is 5.59. The number of anilines is 3. The highest BCUT2D eigenvalue weighted by Gasteiger charge is 2.34. The summed E-state index contributed by atoms with van der Waals surface area (Å²) in [6.07, 6.45) is -3.48. The van der Waals surface area contributed by atoms with Gasteiger partial charge in [-0.05, 0) is 25.1 Å². The number of hydrogen-bond acceptors (Lipinski definition) is 4. The van der Waals surface area contributed by atoms with Crippen LogP contribution in [0.15, 0.2) is 30.6 Å². The van der Waals surface area contributed by atoms with Gasteiger partial charge in [-0.15, -0.1) is 0 Å². The maximum absolute atomic E-state index is 13.2. The second-order valence-electron chi connectivity index (χ2n) is 4.14. The Morgan fingerprint density at radius 1 is 1.10 bits per heavy atom. The lowest BCUT2D eigenvalue weighted by atomic mass is 10.2. The Morgan fingerprint density at radius 3 is 2.48 bits per heavy atom. The highest BCUT2D eigenvalue weighted by atomic mass is 19.4. The molecule has 8 heteroatoms. The molecule has 0 amide bonds. The molecule has 0 spiro atoms. The molecule has 21 heavy (non-hydrogen) atoms. The van der Waals surface area contributed by atoms with Gasteiger partial charge in [0.1, 0.15) is 23.8 Å². The van der Waals surface area contributed by atoms with Gasteiger partial charge in [0, 0.05) is 18.3 Å². The third-order valence-corrected chi connectivity index (χ3v) is 2.57. The van der Waals surface area contributed by atoms with Gasteiger partial charge in [-0.3, -0.25) is 0 Å². The van der Waals surface area contributed by atoms with Crippen LogP contribution in [0, 0.1) is 5.82 Å². The summed E-state index contributed by atoms with van der Waals surface area (Å²) in [7, 11) is 0. The van der Waals surface area contributed by atoms with Crippen molar-refractivity contribution in [3.63, 3.8) is 0 Å². The molecule has 0 aliphatic rings. The zero-order valence-corrected chi connectivity index (χ0v) is 11.0. The minimum Gasteiger partial charge on any atom is -0.370 e. The number of hydrogen-bond donors (Lipinski definition) is 2. The lowest BCUT2D eigenvalue weighted by Gasteiger charge is -2.11. The Bertz CT molecular complexity index is 628. The molecule has 0 saturated carbocycles. The van der Waals surface area contributed by atoms with Crippen LogP contribution in [0.3, 0.4) is 0 Å². The number of nitrogens with one attached hydrogen (secondary N) is 2. The molecule has 2 rings (SSSR count). The minimum absolute atomic E-state index is 0.0878. The summed E-state index contributed by atoms with van der Waals surface area (Å²) in [6, 6.07) is 4.21. The van der Waals surface area contributed by atoms with E-state index in [-0.39, 0.29) is 5.69 Å². The molecular formula is C13H12F4N4. The molecular weight excluding hydrogens is 288 g/mol. The Hall–Kier alpha value is -2.38. The van der Waals surface area contributed by atoms with Crippen LogP contribution >= 0.6 is 0 Å². The van der Waals surface area contributed by atoms with Crippen LogP contribution in [0.5, 0.6) is 0 Å².